The van der Waals surface area contributed by atoms with Gasteiger partial charge in [0.2, 0.25) is 0 Å². The molecule has 5 nitrogen and oxygen atoms in total. The first-order chi connectivity index (χ1) is 10.1. The average molecular weight is 349 g/mol. The summed E-state index contributed by atoms with van der Waals surface area (Å²) >= 11 is 3.50. The molecule has 110 valence electrons. The second-order valence-electron chi connectivity index (χ2n) is 5.35. The van der Waals surface area contributed by atoms with Crippen molar-refractivity contribution in [2.24, 2.45) is 0 Å². The van der Waals surface area contributed by atoms with Gasteiger partial charge in [-0.1, -0.05) is 12.1 Å². The van der Waals surface area contributed by atoms with Gasteiger partial charge in [0.05, 0.1) is 11.9 Å². The first kappa shape index (κ1) is 14.1. The van der Waals surface area contributed by atoms with Crippen molar-refractivity contribution in [3.8, 4) is 0 Å². The van der Waals surface area contributed by atoms with E-state index >= 15 is 0 Å². The summed E-state index contributed by atoms with van der Waals surface area (Å²) in [4.78, 5) is 12.1. The van der Waals surface area contributed by atoms with E-state index in [-0.39, 0.29) is 12.1 Å². The Kier molecular flexibility index (Phi) is 3.96. The molecule has 0 radical (unpaired) electrons. The van der Waals surface area contributed by atoms with Gasteiger partial charge in [-0.3, -0.25) is 5.10 Å². The number of nitrogens with one attached hydrogen (secondary N) is 3. The van der Waals surface area contributed by atoms with Gasteiger partial charge < -0.3 is 10.6 Å². The Morgan fingerprint density at radius 2 is 2.33 bits per heavy atom. The summed E-state index contributed by atoms with van der Waals surface area (Å²) in [5, 5.41) is 13.0. The number of benzene rings is 1. The molecule has 2 amide bonds. The molecule has 1 atom stereocenters. The molecule has 1 aromatic heterocycles. The van der Waals surface area contributed by atoms with E-state index in [2.05, 4.69) is 36.8 Å². The van der Waals surface area contributed by atoms with Gasteiger partial charge in [0.25, 0.3) is 0 Å². The highest BCUT2D eigenvalue weighted by Crippen LogP contribution is 2.25. The maximum Gasteiger partial charge on any atom is 0.319 e. The van der Waals surface area contributed by atoms with Gasteiger partial charge >= 0.3 is 6.03 Å². The van der Waals surface area contributed by atoms with Crippen LogP contribution in [0.4, 0.5) is 10.5 Å². The second-order valence-corrected chi connectivity index (χ2v) is 6.14. The zero-order valence-electron chi connectivity index (χ0n) is 11.7. The maximum absolute atomic E-state index is 12.1. The van der Waals surface area contributed by atoms with Gasteiger partial charge in [-0.15, -0.1) is 0 Å². The van der Waals surface area contributed by atoms with Crippen LogP contribution in [0.25, 0.3) is 0 Å². The molecule has 1 heterocycles. The summed E-state index contributed by atoms with van der Waals surface area (Å²) in [6.07, 6.45) is 4.53. The molecule has 1 unspecified atom stereocenters. The third-order valence-corrected chi connectivity index (χ3v) is 4.84. The first-order valence-electron chi connectivity index (χ1n) is 6.97. The minimum atomic E-state index is -0.168. The molecule has 3 N–H and O–H groups in total. The van der Waals surface area contributed by atoms with E-state index in [0.717, 1.165) is 35.0 Å². The molecule has 1 aromatic carbocycles. The van der Waals surface area contributed by atoms with Gasteiger partial charge in [-0.05, 0) is 59.3 Å². The Morgan fingerprint density at radius 1 is 1.48 bits per heavy atom. The van der Waals surface area contributed by atoms with E-state index in [1.807, 2.05) is 31.3 Å². The number of amides is 2. The van der Waals surface area contributed by atoms with Crippen LogP contribution < -0.4 is 10.6 Å². The van der Waals surface area contributed by atoms with Crippen LogP contribution >= 0.6 is 15.9 Å². The summed E-state index contributed by atoms with van der Waals surface area (Å²) in [5.74, 6) is 0. The quantitative estimate of drug-likeness (QED) is 0.780. The molecule has 6 heteroatoms. The number of carbonyl (C=O) groups excluding carboxylic acids is 1. The highest BCUT2D eigenvalue weighted by molar-refractivity contribution is 9.10. The Labute approximate surface area is 131 Å². The predicted octanol–water partition coefficient (Wildman–Crippen LogP) is 3.16. The summed E-state index contributed by atoms with van der Waals surface area (Å²) in [5.41, 5.74) is 4.26. The number of halogens is 1. The molecule has 0 saturated heterocycles. The SMILES string of the molecule is Cc1cccc(NC(=O)NC2CCc3[nH]ncc3C2)c1Br. The van der Waals surface area contributed by atoms with Gasteiger partial charge in [0, 0.05) is 16.2 Å². The fraction of sp³-hybridized carbons (Fsp3) is 0.333. The molecule has 0 spiro atoms. The number of hydrogen-bond acceptors (Lipinski definition) is 2. The van der Waals surface area contributed by atoms with Crippen LogP contribution in [-0.4, -0.2) is 22.3 Å². The number of aryl methyl sites for hydroxylation is 2. The number of urea groups is 1. The van der Waals surface area contributed by atoms with Crippen molar-refractivity contribution in [2.75, 3.05) is 5.32 Å². The van der Waals surface area contributed by atoms with Crippen molar-refractivity contribution in [1.82, 2.24) is 15.5 Å². The second kappa shape index (κ2) is 5.89. The molecule has 0 aliphatic heterocycles. The third-order valence-electron chi connectivity index (χ3n) is 3.79. The van der Waals surface area contributed by atoms with Crippen LogP contribution in [-0.2, 0) is 12.8 Å². The van der Waals surface area contributed by atoms with Crippen molar-refractivity contribution in [3.63, 3.8) is 0 Å². The minimum absolute atomic E-state index is 0.152. The van der Waals surface area contributed by atoms with E-state index in [1.54, 1.807) is 0 Å². The van der Waals surface area contributed by atoms with Gasteiger partial charge in [0.15, 0.2) is 0 Å². The Bertz CT molecular complexity index is 667. The standard InChI is InChI=1S/C15H17BrN4O/c1-9-3-2-4-13(14(9)16)19-15(21)18-11-5-6-12-10(7-11)8-17-20-12/h2-4,8,11H,5-7H2,1H3,(H,17,20)(H2,18,19,21). The summed E-state index contributed by atoms with van der Waals surface area (Å²) in [6, 6.07) is 5.78. The lowest BCUT2D eigenvalue weighted by atomic mass is 9.94. The van der Waals surface area contributed by atoms with Crippen molar-refractivity contribution >= 4 is 27.6 Å². The topological polar surface area (TPSA) is 69.8 Å². The molecule has 21 heavy (non-hydrogen) atoms. The molecular formula is C15H17BrN4O. The fourth-order valence-electron chi connectivity index (χ4n) is 2.63. The lowest BCUT2D eigenvalue weighted by Gasteiger charge is -2.23. The van der Waals surface area contributed by atoms with Crippen LogP contribution in [0.1, 0.15) is 23.2 Å². The zero-order valence-corrected chi connectivity index (χ0v) is 13.3. The summed E-state index contributed by atoms with van der Waals surface area (Å²) in [7, 11) is 0. The number of carbonyl (C=O) groups is 1. The zero-order chi connectivity index (χ0) is 14.8. The number of aromatic amines is 1. The van der Waals surface area contributed by atoms with Gasteiger partial charge in [0.1, 0.15) is 0 Å². The summed E-state index contributed by atoms with van der Waals surface area (Å²) < 4.78 is 0.918. The van der Waals surface area contributed by atoms with E-state index < -0.39 is 0 Å². The molecule has 1 aliphatic rings. The van der Waals surface area contributed by atoms with Crippen molar-refractivity contribution in [3.05, 3.63) is 45.7 Å². The summed E-state index contributed by atoms with van der Waals surface area (Å²) in [6.45, 7) is 1.99. The van der Waals surface area contributed by atoms with Crippen molar-refractivity contribution in [2.45, 2.75) is 32.2 Å². The van der Waals surface area contributed by atoms with Gasteiger partial charge in [-0.2, -0.15) is 5.10 Å². The van der Waals surface area contributed by atoms with E-state index in [4.69, 9.17) is 0 Å². The lowest BCUT2D eigenvalue weighted by Crippen LogP contribution is -2.41. The number of fused-ring (bicyclic) bond motifs is 1. The van der Waals surface area contributed by atoms with Crippen LogP contribution in [0.3, 0.4) is 0 Å². The number of aromatic nitrogens is 2. The molecule has 0 saturated carbocycles. The normalized spacial score (nSPS) is 17.1. The lowest BCUT2D eigenvalue weighted by molar-refractivity contribution is 0.247. The Hall–Kier alpha value is -1.82. The highest BCUT2D eigenvalue weighted by Gasteiger charge is 2.21. The van der Waals surface area contributed by atoms with E-state index in [9.17, 15) is 4.79 Å². The third kappa shape index (κ3) is 3.10. The first-order valence-corrected chi connectivity index (χ1v) is 7.76. The molecular weight excluding hydrogens is 332 g/mol. The molecule has 2 aromatic rings. The fourth-order valence-corrected chi connectivity index (χ4v) is 2.99. The van der Waals surface area contributed by atoms with Crippen LogP contribution in [0.2, 0.25) is 0 Å². The molecule has 0 fully saturated rings. The van der Waals surface area contributed by atoms with Crippen molar-refractivity contribution < 1.29 is 4.79 Å². The number of H-pyrrole nitrogens is 1. The van der Waals surface area contributed by atoms with Crippen molar-refractivity contribution in [1.29, 1.82) is 0 Å². The number of rotatable bonds is 2. The number of nitrogens with zero attached hydrogens (tertiary/aromatic N) is 1. The maximum atomic E-state index is 12.1. The number of hydrogen-bond donors (Lipinski definition) is 3. The predicted molar refractivity (Wildman–Crippen MR) is 85.4 cm³/mol. The van der Waals surface area contributed by atoms with E-state index in [1.165, 1.54) is 11.3 Å². The van der Waals surface area contributed by atoms with Crippen LogP contribution in [0.5, 0.6) is 0 Å². The smallest absolute Gasteiger partial charge is 0.319 e. The molecule has 0 bridgehead atoms. The minimum Gasteiger partial charge on any atom is -0.335 e. The molecule has 3 rings (SSSR count). The monoisotopic (exact) mass is 348 g/mol. The van der Waals surface area contributed by atoms with E-state index in [0.29, 0.717) is 0 Å². The Morgan fingerprint density at radius 3 is 3.19 bits per heavy atom. The molecule has 1 aliphatic carbocycles. The number of anilines is 1. The average Bonchev–Trinajstić information content (AvgIpc) is 2.91. The van der Waals surface area contributed by atoms with Crippen LogP contribution in [0.15, 0.2) is 28.9 Å². The Balaban J connectivity index is 1.61. The highest BCUT2D eigenvalue weighted by atomic mass is 79.9. The largest absolute Gasteiger partial charge is 0.335 e. The van der Waals surface area contributed by atoms with Gasteiger partial charge in [-0.25, -0.2) is 4.79 Å². The van der Waals surface area contributed by atoms with Crippen LogP contribution in [0, 0.1) is 6.92 Å².